The van der Waals surface area contributed by atoms with Crippen LogP contribution in [0.5, 0.6) is 5.75 Å². The summed E-state index contributed by atoms with van der Waals surface area (Å²) in [7, 11) is -2.61. The third kappa shape index (κ3) is 4.49. The van der Waals surface area contributed by atoms with Crippen LogP contribution in [0.15, 0.2) is 42.6 Å². The summed E-state index contributed by atoms with van der Waals surface area (Å²) >= 11 is 6.45. The van der Waals surface area contributed by atoms with E-state index in [1.807, 2.05) is 0 Å². The number of fused-ring (bicyclic) bond motifs is 3. The fourth-order valence-electron chi connectivity index (χ4n) is 4.22. The molecule has 3 heterocycles. The predicted octanol–water partition coefficient (Wildman–Crippen LogP) is 4.36. The lowest BCUT2D eigenvalue weighted by atomic mass is 9.98. The number of aromatic nitrogens is 2. The van der Waals surface area contributed by atoms with Crippen LogP contribution in [0.2, 0.25) is 5.02 Å². The number of hydrogen-bond donors (Lipinski definition) is 2. The molecule has 0 unspecified atom stereocenters. The molecular weight excluding hydrogens is 518 g/mol. The van der Waals surface area contributed by atoms with E-state index in [2.05, 4.69) is 15.6 Å². The van der Waals surface area contributed by atoms with E-state index in [1.54, 1.807) is 49.7 Å². The molecule has 1 aromatic heterocycles. The minimum atomic E-state index is -4.92. The predicted molar refractivity (Wildman–Crippen MR) is 129 cm³/mol. The van der Waals surface area contributed by atoms with Crippen LogP contribution >= 0.6 is 18.7 Å². The molecule has 0 saturated carbocycles. The van der Waals surface area contributed by atoms with Crippen molar-refractivity contribution in [3.63, 3.8) is 0 Å². The molecule has 0 fully saturated rings. The van der Waals surface area contributed by atoms with Gasteiger partial charge in [-0.2, -0.15) is 13.2 Å². The Hall–Kier alpha value is -3.30. The Morgan fingerprint density at radius 1 is 1.25 bits per heavy atom. The van der Waals surface area contributed by atoms with Gasteiger partial charge in [0.15, 0.2) is 0 Å². The summed E-state index contributed by atoms with van der Waals surface area (Å²) < 4.78 is 52.9. The van der Waals surface area contributed by atoms with Gasteiger partial charge >= 0.3 is 18.0 Å². The van der Waals surface area contributed by atoms with Gasteiger partial charge in [-0.1, -0.05) is 23.7 Å². The summed E-state index contributed by atoms with van der Waals surface area (Å²) in [5, 5.41) is 7.21. The van der Waals surface area contributed by atoms with Gasteiger partial charge in [0.1, 0.15) is 24.0 Å². The lowest BCUT2D eigenvalue weighted by Crippen LogP contribution is -2.48. The van der Waals surface area contributed by atoms with E-state index in [-0.39, 0.29) is 30.5 Å². The number of benzene rings is 2. The van der Waals surface area contributed by atoms with E-state index in [1.165, 1.54) is 10.9 Å². The van der Waals surface area contributed by atoms with Gasteiger partial charge in [0.2, 0.25) is 5.75 Å². The second-order valence-electron chi connectivity index (χ2n) is 8.87. The van der Waals surface area contributed by atoms with E-state index in [9.17, 15) is 22.5 Å². The molecule has 0 radical (unpaired) electrons. The van der Waals surface area contributed by atoms with Crippen molar-refractivity contribution in [2.45, 2.75) is 19.1 Å². The number of hydrogen-bond acceptors (Lipinski definition) is 6. The van der Waals surface area contributed by atoms with Gasteiger partial charge in [0, 0.05) is 18.4 Å². The van der Waals surface area contributed by atoms with Crippen LogP contribution in [0.3, 0.4) is 0 Å². The van der Waals surface area contributed by atoms with Crippen LogP contribution in [0.1, 0.15) is 11.1 Å². The molecule has 5 rings (SSSR count). The van der Waals surface area contributed by atoms with Gasteiger partial charge in [-0.3, -0.25) is 15.4 Å². The molecule has 36 heavy (non-hydrogen) atoms. The van der Waals surface area contributed by atoms with E-state index in [4.69, 9.17) is 16.4 Å². The molecule has 2 aliphatic rings. The van der Waals surface area contributed by atoms with Gasteiger partial charge < -0.3 is 14.3 Å². The van der Waals surface area contributed by atoms with Crippen molar-refractivity contribution in [1.29, 1.82) is 0 Å². The number of anilines is 4. The lowest BCUT2D eigenvalue weighted by Gasteiger charge is -2.30. The Kier molecular flexibility index (Phi) is 5.88. The Morgan fingerprint density at radius 3 is 2.72 bits per heavy atom. The molecule has 2 N–H and O–H groups in total. The standard InChI is InChI=1S/C23H20ClF3N5O3P/c1-36(2,34)19-6-4-3-5-16(19)29-20-15(24)11-28-22-30-17-9-14-12-31(21(33)23(25,26)27)8-7-13(14)10-18(17)35-32(20)22/h3-6,9-11H,7-8,12H2,1-2H3,(H,28,29,30,34)/p+1. The average molecular weight is 539 g/mol. The van der Waals surface area contributed by atoms with Crippen molar-refractivity contribution in [2.24, 2.45) is 0 Å². The zero-order valence-corrected chi connectivity index (χ0v) is 20.8. The summed E-state index contributed by atoms with van der Waals surface area (Å²) in [5.74, 6) is -0.826. The minimum Gasteiger partial charge on any atom is -0.330 e. The molecule has 0 aliphatic carbocycles. The van der Waals surface area contributed by atoms with Gasteiger partial charge in [-0.05, 0) is 59.9 Å². The molecule has 0 saturated heterocycles. The summed E-state index contributed by atoms with van der Waals surface area (Å²) in [5.41, 5.74) is 2.45. The van der Waals surface area contributed by atoms with Gasteiger partial charge in [-0.15, -0.1) is 4.98 Å². The van der Waals surface area contributed by atoms with E-state index < -0.39 is 19.2 Å². The van der Waals surface area contributed by atoms with Crippen LogP contribution in [0.25, 0.3) is 0 Å². The quantitative estimate of drug-likeness (QED) is 0.298. The molecule has 0 bridgehead atoms. The Labute approximate surface area is 209 Å². The fourth-order valence-corrected chi connectivity index (χ4v) is 5.55. The maximum atomic E-state index is 12.9. The smallest absolute Gasteiger partial charge is 0.330 e. The van der Waals surface area contributed by atoms with Gasteiger partial charge in [-0.25, -0.2) is 0 Å². The van der Waals surface area contributed by atoms with Crippen LogP contribution < -0.4 is 25.5 Å². The first-order valence-electron chi connectivity index (χ1n) is 10.9. The van der Waals surface area contributed by atoms with Gasteiger partial charge in [0.25, 0.3) is 5.82 Å². The van der Waals surface area contributed by atoms with Crippen molar-refractivity contribution in [2.75, 3.05) is 30.5 Å². The Morgan fingerprint density at radius 2 is 2.00 bits per heavy atom. The maximum Gasteiger partial charge on any atom is 0.471 e. The molecule has 1 amide bonds. The second-order valence-corrected chi connectivity index (χ2v) is 12.5. The molecule has 3 aromatic rings. The molecule has 0 spiro atoms. The number of halogens is 4. The van der Waals surface area contributed by atoms with E-state index in [0.29, 0.717) is 33.8 Å². The zero-order chi connectivity index (χ0) is 25.8. The number of rotatable bonds is 3. The van der Waals surface area contributed by atoms with Crippen molar-refractivity contribution >= 4 is 53.1 Å². The van der Waals surface area contributed by atoms with Crippen molar-refractivity contribution < 1.29 is 32.1 Å². The summed E-state index contributed by atoms with van der Waals surface area (Å²) in [4.78, 5) is 22.9. The first kappa shape index (κ1) is 24.4. The van der Waals surface area contributed by atoms with Gasteiger partial charge in [0.05, 0.1) is 5.69 Å². The third-order valence-corrected chi connectivity index (χ3v) is 7.77. The largest absolute Gasteiger partial charge is 0.471 e. The number of para-hydroxylation sites is 1. The number of carbonyl (C=O) groups excluding carboxylic acids is 1. The van der Waals surface area contributed by atoms with Crippen molar-refractivity contribution in [3.8, 4) is 5.75 Å². The van der Waals surface area contributed by atoms with Crippen molar-refractivity contribution in [1.82, 2.24) is 9.88 Å². The number of alkyl halides is 3. The zero-order valence-electron chi connectivity index (χ0n) is 19.2. The van der Waals surface area contributed by atoms with Crippen LogP contribution in [-0.2, 0) is 22.3 Å². The molecule has 2 aliphatic heterocycles. The first-order chi connectivity index (χ1) is 16.9. The maximum absolute atomic E-state index is 12.9. The third-order valence-electron chi connectivity index (χ3n) is 5.94. The fraction of sp³-hybridized carbons (Fsp3) is 0.261. The lowest BCUT2D eigenvalue weighted by molar-refractivity contribution is -0.854. The highest BCUT2D eigenvalue weighted by atomic mass is 35.5. The summed E-state index contributed by atoms with van der Waals surface area (Å²) in [6.07, 6.45) is -3.25. The highest BCUT2D eigenvalue weighted by molar-refractivity contribution is 7.70. The molecule has 8 nitrogen and oxygen atoms in total. The molecule has 0 atom stereocenters. The number of nitrogens with zero attached hydrogens (tertiary/aromatic N) is 3. The first-order valence-corrected chi connectivity index (χ1v) is 13.9. The summed E-state index contributed by atoms with van der Waals surface area (Å²) in [6, 6.07) is 10.6. The Balaban J connectivity index is 1.48. The normalized spacial score (nSPS) is 14.7. The summed E-state index contributed by atoms with van der Waals surface area (Å²) in [6.45, 7) is 3.14. The molecular formula is C23H21ClF3N5O3P+. The van der Waals surface area contributed by atoms with Crippen LogP contribution in [0, 0.1) is 0 Å². The Bertz CT molecular complexity index is 1440. The monoisotopic (exact) mass is 538 g/mol. The molecule has 188 valence electrons. The van der Waals surface area contributed by atoms with Crippen molar-refractivity contribution in [3.05, 3.63) is 58.7 Å². The second kappa shape index (κ2) is 8.67. The number of carbonyl (C=O) groups is 1. The molecule has 13 heteroatoms. The van der Waals surface area contributed by atoms with E-state index >= 15 is 0 Å². The molecule has 2 aromatic carbocycles. The topological polar surface area (TPSA) is 87.4 Å². The minimum absolute atomic E-state index is 0.0493. The highest BCUT2D eigenvalue weighted by Crippen LogP contribution is 2.40. The average Bonchev–Trinajstić information content (AvgIpc) is 2.82. The highest BCUT2D eigenvalue weighted by Gasteiger charge is 2.43. The number of amides is 1. The van der Waals surface area contributed by atoms with E-state index in [0.717, 1.165) is 10.5 Å². The SMILES string of the molecule is CP(C)(=O)c1ccccc1Nc1c(Cl)cnc2[n+]1Oc1cc3c(cc1N2)CN(C(=O)C(F)(F)F)CC3. The van der Waals surface area contributed by atoms with Crippen LogP contribution in [-0.4, -0.2) is 41.8 Å². The number of nitrogens with one attached hydrogen (secondary N) is 2. The van der Waals surface area contributed by atoms with Crippen LogP contribution in [0.4, 0.5) is 36.3 Å².